The van der Waals surface area contributed by atoms with E-state index in [0.29, 0.717) is 24.7 Å². The van der Waals surface area contributed by atoms with E-state index in [1.807, 2.05) is 19.9 Å². The molecule has 2 heterocycles. The van der Waals surface area contributed by atoms with E-state index in [4.69, 9.17) is 9.47 Å². The summed E-state index contributed by atoms with van der Waals surface area (Å²) in [7, 11) is 0. The van der Waals surface area contributed by atoms with Gasteiger partial charge in [0.2, 0.25) is 5.88 Å². The molecule has 1 aliphatic rings. The van der Waals surface area contributed by atoms with Gasteiger partial charge in [0.1, 0.15) is 6.10 Å². The number of nitrogens with one attached hydrogen (secondary N) is 1. The minimum atomic E-state index is -1.14. The lowest BCUT2D eigenvalue weighted by molar-refractivity contribution is -0.139. The molecule has 27 heavy (non-hydrogen) atoms. The molecule has 2 N–H and O–H groups in total. The van der Waals surface area contributed by atoms with Gasteiger partial charge in [0, 0.05) is 24.2 Å². The van der Waals surface area contributed by atoms with Gasteiger partial charge in [-0.2, -0.15) is 0 Å². The lowest BCUT2D eigenvalue weighted by atomic mass is 10.0. The molecule has 1 aromatic heterocycles. The Bertz CT molecular complexity index is 826. The predicted molar refractivity (Wildman–Crippen MR) is 97.8 cm³/mol. The van der Waals surface area contributed by atoms with Crippen LogP contribution in [0.15, 0.2) is 36.5 Å². The van der Waals surface area contributed by atoms with Crippen LogP contribution < -0.4 is 10.1 Å². The topological polar surface area (TPSA) is 97.8 Å². The molecule has 0 bridgehead atoms. The van der Waals surface area contributed by atoms with Crippen LogP contribution in [0.25, 0.3) is 0 Å². The Balaban J connectivity index is 1.76. The van der Waals surface area contributed by atoms with E-state index in [1.54, 1.807) is 12.1 Å². The first-order valence-electron chi connectivity index (χ1n) is 8.74. The number of benzene rings is 1. The normalized spacial score (nSPS) is 17.3. The fourth-order valence-electron chi connectivity index (χ4n) is 3.07. The number of carboxylic acids is 1. The zero-order valence-electron chi connectivity index (χ0n) is 15.3. The van der Waals surface area contributed by atoms with Crippen molar-refractivity contribution < 1.29 is 24.2 Å². The van der Waals surface area contributed by atoms with Crippen LogP contribution in [0.1, 0.15) is 39.5 Å². The Morgan fingerprint density at radius 3 is 2.63 bits per heavy atom. The number of carbonyl (C=O) groups excluding carboxylic acids is 1. The fraction of sp³-hybridized carbons (Fsp3) is 0.350. The van der Waals surface area contributed by atoms with Crippen molar-refractivity contribution in [3.63, 3.8) is 0 Å². The van der Waals surface area contributed by atoms with Crippen molar-refractivity contribution >= 4 is 11.9 Å². The van der Waals surface area contributed by atoms with Crippen LogP contribution in [0.3, 0.4) is 0 Å². The molecule has 0 aliphatic carbocycles. The summed E-state index contributed by atoms with van der Waals surface area (Å²) in [4.78, 5) is 28.4. The summed E-state index contributed by atoms with van der Waals surface area (Å²) in [6.45, 7) is 4.90. The number of hydrogen-bond acceptors (Lipinski definition) is 5. The first-order valence-corrected chi connectivity index (χ1v) is 8.74. The minimum Gasteiger partial charge on any atom is -0.479 e. The molecule has 1 amide bonds. The van der Waals surface area contributed by atoms with Crippen molar-refractivity contribution in [2.45, 2.75) is 32.4 Å². The lowest BCUT2D eigenvalue weighted by Gasteiger charge is -2.17. The Labute approximate surface area is 157 Å². The van der Waals surface area contributed by atoms with Gasteiger partial charge in [-0.25, -0.2) is 9.78 Å². The molecule has 3 rings (SSSR count). The Hall–Kier alpha value is -2.93. The zero-order chi connectivity index (χ0) is 19.4. The molecule has 0 saturated carbocycles. The van der Waals surface area contributed by atoms with Gasteiger partial charge in [-0.05, 0) is 25.5 Å². The molecule has 2 unspecified atom stereocenters. The fourth-order valence-corrected chi connectivity index (χ4v) is 3.07. The maximum absolute atomic E-state index is 12.6. The van der Waals surface area contributed by atoms with Gasteiger partial charge < -0.3 is 19.9 Å². The second-order valence-electron chi connectivity index (χ2n) is 6.65. The van der Waals surface area contributed by atoms with Gasteiger partial charge in [0.05, 0.1) is 13.2 Å². The molecule has 1 aromatic carbocycles. The van der Waals surface area contributed by atoms with Crippen LogP contribution in [-0.2, 0) is 9.53 Å². The molecule has 0 radical (unpaired) electrons. The Morgan fingerprint density at radius 2 is 2.00 bits per heavy atom. The first-order chi connectivity index (χ1) is 12.9. The number of rotatable bonds is 6. The summed E-state index contributed by atoms with van der Waals surface area (Å²) < 4.78 is 11.0. The number of pyridine rings is 1. The number of aryl methyl sites for hydroxylation is 2. The van der Waals surface area contributed by atoms with E-state index < -0.39 is 17.9 Å². The number of carboxylic acid groups (broad SMARTS) is 1. The van der Waals surface area contributed by atoms with Crippen molar-refractivity contribution in [2.24, 2.45) is 0 Å². The molecule has 1 fully saturated rings. The van der Waals surface area contributed by atoms with Crippen LogP contribution in [0.5, 0.6) is 5.88 Å². The van der Waals surface area contributed by atoms with Crippen LogP contribution in [0, 0.1) is 13.8 Å². The number of carbonyl (C=O) groups is 2. The van der Waals surface area contributed by atoms with E-state index in [9.17, 15) is 14.7 Å². The minimum absolute atomic E-state index is 0.0853. The van der Waals surface area contributed by atoms with E-state index in [2.05, 4.69) is 10.3 Å². The monoisotopic (exact) mass is 370 g/mol. The van der Waals surface area contributed by atoms with Gasteiger partial charge >= 0.3 is 5.97 Å². The highest BCUT2D eigenvalue weighted by molar-refractivity contribution is 5.97. The van der Waals surface area contributed by atoms with Gasteiger partial charge in [0.15, 0.2) is 6.04 Å². The maximum Gasteiger partial charge on any atom is 0.330 e. The molecule has 7 heteroatoms. The highest BCUT2D eigenvalue weighted by Gasteiger charge is 2.24. The number of ether oxygens (including phenoxy) is 2. The van der Waals surface area contributed by atoms with Gasteiger partial charge in [0.25, 0.3) is 5.91 Å². The van der Waals surface area contributed by atoms with Crippen molar-refractivity contribution in [1.82, 2.24) is 10.3 Å². The zero-order valence-corrected chi connectivity index (χ0v) is 15.3. The quantitative estimate of drug-likeness (QED) is 0.810. The average Bonchev–Trinajstić information content (AvgIpc) is 3.11. The molecule has 1 aliphatic heterocycles. The molecule has 2 atom stereocenters. The summed E-state index contributed by atoms with van der Waals surface area (Å²) in [5.41, 5.74) is 2.68. The van der Waals surface area contributed by atoms with E-state index in [1.165, 1.54) is 18.3 Å². The number of hydrogen-bond donors (Lipinski definition) is 2. The van der Waals surface area contributed by atoms with Crippen LogP contribution in [0.4, 0.5) is 0 Å². The smallest absolute Gasteiger partial charge is 0.330 e. The lowest BCUT2D eigenvalue weighted by Crippen LogP contribution is -2.34. The molecule has 7 nitrogen and oxygen atoms in total. The molecular formula is C20H22N2O5. The average molecular weight is 370 g/mol. The van der Waals surface area contributed by atoms with Crippen molar-refractivity contribution in [1.29, 1.82) is 0 Å². The van der Waals surface area contributed by atoms with Crippen LogP contribution in [0.2, 0.25) is 0 Å². The van der Waals surface area contributed by atoms with Crippen molar-refractivity contribution in [2.75, 3.05) is 13.2 Å². The number of nitrogens with zero attached hydrogens (tertiary/aromatic N) is 1. The second kappa shape index (κ2) is 8.18. The largest absolute Gasteiger partial charge is 0.479 e. The van der Waals surface area contributed by atoms with Crippen LogP contribution in [-0.4, -0.2) is 41.3 Å². The first kappa shape index (κ1) is 18.8. The Morgan fingerprint density at radius 1 is 1.26 bits per heavy atom. The summed E-state index contributed by atoms with van der Waals surface area (Å²) >= 11 is 0. The summed E-state index contributed by atoms with van der Waals surface area (Å²) in [6.07, 6.45) is 2.15. The van der Waals surface area contributed by atoms with Crippen molar-refractivity contribution in [3.8, 4) is 5.88 Å². The van der Waals surface area contributed by atoms with E-state index in [-0.39, 0.29) is 11.7 Å². The third-order valence-electron chi connectivity index (χ3n) is 4.27. The third-order valence-corrected chi connectivity index (χ3v) is 4.27. The van der Waals surface area contributed by atoms with E-state index in [0.717, 1.165) is 17.5 Å². The van der Waals surface area contributed by atoms with E-state index >= 15 is 0 Å². The number of aromatic nitrogens is 1. The highest BCUT2D eigenvalue weighted by atomic mass is 16.5. The van der Waals surface area contributed by atoms with Gasteiger partial charge in [-0.3, -0.25) is 4.79 Å². The number of amides is 1. The second-order valence-corrected chi connectivity index (χ2v) is 6.65. The predicted octanol–water partition coefficient (Wildman–Crippen LogP) is 2.42. The SMILES string of the molecule is Cc1cc(C)cc(C(NC(=O)c2ccnc(OC3CCOC3)c2)C(=O)O)c1. The van der Waals surface area contributed by atoms with Crippen molar-refractivity contribution in [3.05, 3.63) is 58.8 Å². The highest BCUT2D eigenvalue weighted by Crippen LogP contribution is 2.20. The standard InChI is InChI=1S/C20H22N2O5/c1-12-7-13(2)9-15(8-12)18(20(24)25)22-19(23)14-3-5-21-17(10-14)27-16-4-6-26-11-16/h3,5,7-10,16,18H,4,6,11H2,1-2H3,(H,22,23)(H,24,25). The summed E-state index contributed by atoms with van der Waals surface area (Å²) in [5, 5.41) is 12.2. The van der Waals surface area contributed by atoms with Crippen LogP contribution >= 0.6 is 0 Å². The number of aliphatic carboxylic acids is 1. The summed E-state index contributed by atoms with van der Waals surface area (Å²) in [6, 6.07) is 7.35. The van der Waals surface area contributed by atoms with Gasteiger partial charge in [-0.15, -0.1) is 0 Å². The molecule has 2 aromatic rings. The Kier molecular flexibility index (Phi) is 5.71. The molecule has 1 saturated heterocycles. The van der Waals surface area contributed by atoms with Gasteiger partial charge in [-0.1, -0.05) is 29.3 Å². The molecule has 0 spiro atoms. The maximum atomic E-state index is 12.6. The summed E-state index contributed by atoms with van der Waals surface area (Å²) in [5.74, 6) is -1.31. The molecule has 142 valence electrons. The third kappa shape index (κ3) is 4.83. The molecular weight excluding hydrogens is 348 g/mol.